The number of nitrogen functional groups attached to an aromatic ring is 1. The van der Waals surface area contributed by atoms with Crippen LogP contribution in [0.3, 0.4) is 0 Å². The number of ether oxygens (including phenoxy) is 1. The zero-order valence-electron chi connectivity index (χ0n) is 10.9. The van der Waals surface area contributed by atoms with Gasteiger partial charge in [0.25, 0.3) is 0 Å². The van der Waals surface area contributed by atoms with Gasteiger partial charge in [-0.2, -0.15) is 4.98 Å². The Balaban J connectivity index is 3.11. The summed E-state index contributed by atoms with van der Waals surface area (Å²) in [6.07, 6.45) is 1.35. The fraction of sp³-hybridized carbons (Fsp3) is 0.545. The van der Waals surface area contributed by atoms with Crippen LogP contribution < -0.4 is 21.1 Å². The highest BCUT2D eigenvalue weighted by Crippen LogP contribution is 2.28. The first-order valence-electron chi connectivity index (χ1n) is 5.75. The minimum absolute atomic E-state index is 0.0316. The Bertz CT molecular complexity index is 422. The van der Waals surface area contributed by atoms with E-state index in [2.05, 4.69) is 9.97 Å². The summed E-state index contributed by atoms with van der Waals surface area (Å²) in [4.78, 5) is 20.8. The molecular formula is C11H19N5O2. The third kappa shape index (κ3) is 3.22. The van der Waals surface area contributed by atoms with E-state index in [4.69, 9.17) is 16.2 Å². The number of nitrogens with zero attached hydrogens (tertiary/aromatic N) is 3. The van der Waals surface area contributed by atoms with Crippen LogP contribution in [0.15, 0.2) is 6.33 Å². The fourth-order valence-electron chi connectivity index (χ4n) is 1.52. The molecule has 7 nitrogen and oxygen atoms in total. The molecule has 0 spiro atoms. The number of hydrogen-bond acceptors (Lipinski definition) is 6. The van der Waals surface area contributed by atoms with Crippen LogP contribution in [0.2, 0.25) is 0 Å². The number of amides is 1. The predicted molar refractivity (Wildman–Crippen MR) is 69.3 cm³/mol. The molecule has 1 heterocycles. The van der Waals surface area contributed by atoms with Gasteiger partial charge >= 0.3 is 0 Å². The number of aromatic nitrogens is 2. The zero-order chi connectivity index (χ0) is 13.7. The summed E-state index contributed by atoms with van der Waals surface area (Å²) in [5.41, 5.74) is 11.5. The molecular weight excluding hydrogens is 234 g/mol. The molecule has 1 amide bonds. The van der Waals surface area contributed by atoms with Crippen LogP contribution in [-0.2, 0) is 4.79 Å². The lowest BCUT2D eigenvalue weighted by Gasteiger charge is -2.27. The lowest BCUT2D eigenvalue weighted by molar-refractivity contribution is -0.116. The van der Waals surface area contributed by atoms with E-state index >= 15 is 0 Å². The van der Waals surface area contributed by atoms with Crippen LogP contribution in [0.4, 0.5) is 11.5 Å². The summed E-state index contributed by atoms with van der Waals surface area (Å²) in [7, 11) is 0. The van der Waals surface area contributed by atoms with E-state index in [1.54, 1.807) is 4.90 Å². The summed E-state index contributed by atoms with van der Waals surface area (Å²) in [5.74, 6) is 0.333. The standard InChI is InChI=1S/C11H19N5O2/c1-4-18-11-9(13)10(14-6-15-11)16(7(2)3)5-8(12)17/h6-7H,4-5,13H2,1-3H3,(H2,12,17). The number of rotatable bonds is 6. The Morgan fingerprint density at radius 2 is 2.17 bits per heavy atom. The Morgan fingerprint density at radius 3 is 2.67 bits per heavy atom. The van der Waals surface area contributed by atoms with E-state index in [0.29, 0.717) is 24.0 Å². The van der Waals surface area contributed by atoms with Crippen LogP contribution >= 0.6 is 0 Å². The molecule has 1 rings (SSSR count). The SMILES string of the molecule is CCOc1ncnc(N(CC(N)=O)C(C)C)c1N. The number of primary amides is 1. The molecule has 0 fully saturated rings. The quantitative estimate of drug-likeness (QED) is 0.747. The van der Waals surface area contributed by atoms with E-state index < -0.39 is 5.91 Å². The number of nitrogens with two attached hydrogens (primary N) is 2. The minimum Gasteiger partial charge on any atom is -0.476 e. The lowest BCUT2D eigenvalue weighted by Crippen LogP contribution is -2.39. The maximum Gasteiger partial charge on any atom is 0.242 e. The average molecular weight is 253 g/mol. The normalized spacial score (nSPS) is 10.4. The van der Waals surface area contributed by atoms with Crippen molar-refractivity contribution in [2.24, 2.45) is 5.73 Å². The van der Waals surface area contributed by atoms with Gasteiger partial charge in [-0.3, -0.25) is 4.79 Å². The topological polar surface area (TPSA) is 107 Å². The Morgan fingerprint density at radius 1 is 1.50 bits per heavy atom. The average Bonchev–Trinajstić information content (AvgIpc) is 2.29. The van der Waals surface area contributed by atoms with Crippen molar-refractivity contribution in [1.82, 2.24) is 9.97 Å². The molecule has 0 aliphatic rings. The third-order valence-corrected chi connectivity index (χ3v) is 2.33. The largest absolute Gasteiger partial charge is 0.476 e. The second-order valence-electron chi connectivity index (χ2n) is 4.04. The molecule has 0 aliphatic heterocycles. The van der Waals surface area contributed by atoms with E-state index in [0.717, 1.165) is 0 Å². The van der Waals surface area contributed by atoms with Crippen molar-refractivity contribution in [3.05, 3.63) is 6.33 Å². The first-order valence-corrected chi connectivity index (χ1v) is 5.75. The van der Waals surface area contributed by atoms with Crippen molar-refractivity contribution >= 4 is 17.4 Å². The smallest absolute Gasteiger partial charge is 0.242 e. The Hall–Kier alpha value is -2.05. The van der Waals surface area contributed by atoms with Gasteiger partial charge in [-0.25, -0.2) is 4.98 Å². The third-order valence-electron chi connectivity index (χ3n) is 2.33. The number of hydrogen-bond donors (Lipinski definition) is 2. The van der Waals surface area contributed by atoms with Gasteiger partial charge in [-0.1, -0.05) is 0 Å². The highest BCUT2D eigenvalue weighted by atomic mass is 16.5. The van der Waals surface area contributed by atoms with Crippen molar-refractivity contribution in [2.45, 2.75) is 26.8 Å². The van der Waals surface area contributed by atoms with Crippen molar-refractivity contribution in [1.29, 1.82) is 0 Å². The summed E-state index contributed by atoms with van der Waals surface area (Å²) >= 11 is 0. The second kappa shape index (κ2) is 6.04. The molecule has 0 atom stereocenters. The van der Waals surface area contributed by atoms with Crippen LogP contribution in [-0.4, -0.2) is 35.1 Å². The fourth-order valence-corrected chi connectivity index (χ4v) is 1.52. The molecule has 0 aromatic carbocycles. The Kier molecular flexibility index (Phi) is 4.70. The van der Waals surface area contributed by atoms with Gasteiger partial charge in [-0.05, 0) is 20.8 Å². The molecule has 4 N–H and O–H groups in total. The van der Waals surface area contributed by atoms with Crippen LogP contribution in [0.25, 0.3) is 0 Å². The maximum atomic E-state index is 11.1. The van der Waals surface area contributed by atoms with Crippen LogP contribution in [0.1, 0.15) is 20.8 Å². The molecule has 1 aromatic heterocycles. The van der Waals surface area contributed by atoms with Crippen molar-refractivity contribution in [2.75, 3.05) is 23.8 Å². The molecule has 0 bridgehead atoms. The van der Waals surface area contributed by atoms with E-state index in [1.807, 2.05) is 20.8 Å². The summed E-state index contributed by atoms with van der Waals surface area (Å²) in [5, 5.41) is 0. The highest BCUT2D eigenvalue weighted by molar-refractivity contribution is 5.81. The molecule has 100 valence electrons. The Labute approximate surface area is 106 Å². The molecule has 0 unspecified atom stereocenters. The summed E-state index contributed by atoms with van der Waals surface area (Å²) < 4.78 is 5.29. The molecule has 18 heavy (non-hydrogen) atoms. The monoisotopic (exact) mass is 253 g/mol. The van der Waals surface area contributed by atoms with Crippen LogP contribution in [0.5, 0.6) is 5.88 Å². The van der Waals surface area contributed by atoms with Gasteiger partial charge in [0.2, 0.25) is 11.8 Å². The molecule has 0 aliphatic carbocycles. The molecule has 0 saturated heterocycles. The van der Waals surface area contributed by atoms with Gasteiger partial charge < -0.3 is 21.1 Å². The van der Waals surface area contributed by atoms with Gasteiger partial charge in [0.15, 0.2) is 5.82 Å². The first kappa shape index (κ1) is 14.0. The van der Waals surface area contributed by atoms with Gasteiger partial charge in [0.1, 0.15) is 12.0 Å². The van der Waals surface area contributed by atoms with Crippen molar-refractivity contribution in [3.8, 4) is 5.88 Å². The molecule has 0 saturated carbocycles. The van der Waals surface area contributed by atoms with E-state index in [1.165, 1.54) is 6.33 Å². The number of carbonyl (C=O) groups excluding carboxylic acids is 1. The van der Waals surface area contributed by atoms with Crippen molar-refractivity contribution in [3.63, 3.8) is 0 Å². The maximum absolute atomic E-state index is 11.1. The predicted octanol–water partition coefficient (Wildman–Crippen LogP) is 0.158. The number of carbonyl (C=O) groups is 1. The van der Waals surface area contributed by atoms with E-state index in [-0.39, 0.29) is 12.6 Å². The first-order chi connectivity index (χ1) is 8.47. The van der Waals surface area contributed by atoms with Gasteiger partial charge in [0, 0.05) is 6.04 Å². The van der Waals surface area contributed by atoms with Crippen molar-refractivity contribution < 1.29 is 9.53 Å². The highest BCUT2D eigenvalue weighted by Gasteiger charge is 2.19. The molecule has 0 radical (unpaired) electrons. The molecule has 7 heteroatoms. The van der Waals surface area contributed by atoms with Gasteiger partial charge in [0.05, 0.1) is 13.2 Å². The van der Waals surface area contributed by atoms with E-state index in [9.17, 15) is 4.79 Å². The zero-order valence-corrected chi connectivity index (χ0v) is 10.9. The van der Waals surface area contributed by atoms with Crippen LogP contribution in [0, 0.1) is 0 Å². The summed E-state index contributed by atoms with van der Waals surface area (Å²) in [6, 6.07) is 0.0316. The number of anilines is 2. The second-order valence-corrected chi connectivity index (χ2v) is 4.04. The minimum atomic E-state index is -0.445. The molecule has 1 aromatic rings. The van der Waals surface area contributed by atoms with Gasteiger partial charge in [-0.15, -0.1) is 0 Å². The summed E-state index contributed by atoms with van der Waals surface area (Å²) in [6.45, 7) is 6.18. The lowest BCUT2D eigenvalue weighted by atomic mass is 10.3.